The summed E-state index contributed by atoms with van der Waals surface area (Å²) in [6, 6.07) is 0. The van der Waals surface area contributed by atoms with Crippen molar-refractivity contribution in [2.75, 3.05) is 0 Å². The largest absolute Gasteiger partial charge is 0.299 e. The molecule has 3 saturated carbocycles. The van der Waals surface area contributed by atoms with Gasteiger partial charge in [-0.25, -0.2) is 0 Å². The summed E-state index contributed by atoms with van der Waals surface area (Å²) in [5.74, 6) is 3.37. The Bertz CT molecular complexity index is 778. The second-order valence-electron chi connectivity index (χ2n) is 13.0. The van der Waals surface area contributed by atoms with Gasteiger partial charge in [-0.2, -0.15) is 0 Å². The Labute approximate surface area is 191 Å². The van der Waals surface area contributed by atoms with Crippen LogP contribution in [0, 0.1) is 51.8 Å². The highest BCUT2D eigenvalue weighted by molar-refractivity contribution is 5.90. The van der Waals surface area contributed by atoms with Crippen molar-refractivity contribution in [1.82, 2.24) is 0 Å². The highest BCUT2D eigenvalue weighted by Crippen LogP contribution is 2.71. The van der Waals surface area contributed by atoms with Crippen molar-refractivity contribution >= 4 is 11.6 Å². The van der Waals surface area contributed by atoms with Crippen LogP contribution in [0.5, 0.6) is 0 Å². The molecular weight excluding hydrogens is 380 g/mol. The zero-order chi connectivity index (χ0) is 22.8. The van der Waals surface area contributed by atoms with Gasteiger partial charge in [-0.3, -0.25) is 9.59 Å². The predicted octanol–water partition coefficient (Wildman–Crippen LogP) is 7.41. The molecular formula is C29H46O2. The molecule has 0 spiro atoms. The van der Waals surface area contributed by atoms with E-state index >= 15 is 0 Å². The van der Waals surface area contributed by atoms with Gasteiger partial charge in [0, 0.05) is 24.7 Å². The van der Waals surface area contributed by atoms with Gasteiger partial charge in [0.1, 0.15) is 11.6 Å². The number of carbonyl (C=O) groups excluding carboxylic acids is 2. The number of allylic oxidation sites excluding steroid dienone is 2. The standard InChI is InChI=1S/C29H46O2/c1-18(2)9-8-10-19(3)21-11-16-29(7)26-22(12-15-28(21,29)6)27(5)14-13-24(30)20(4)23(27)17-25(26)31/h12,18-21,23,26H,8-11,13-17H2,1-7H3/t19-,20+,21-,23+,26+,27-,28-,29+/m1/s1. The fourth-order valence-corrected chi connectivity index (χ4v) is 8.85. The summed E-state index contributed by atoms with van der Waals surface area (Å²) < 4.78 is 0. The van der Waals surface area contributed by atoms with E-state index in [2.05, 4.69) is 54.5 Å². The molecule has 2 heteroatoms. The van der Waals surface area contributed by atoms with E-state index in [1.54, 1.807) is 0 Å². The van der Waals surface area contributed by atoms with E-state index < -0.39 is 0 Å². The van der Waals surface area contributed by atoms with Crippen LogP contribution in [-0.2, 0) is 9.59 Å². The Morgan fingerprint density at radius 3 is 2.39 bits per heavy atom. The van der Waals surface area contributed by atoms with Gasteiger partial charge in [-0.15, -0.1) is 0 Å². The number of carbonyl (C=O) groups is 2. The fraction of sp³-hybridized carbons (Fsp3) is 0.862. The third-order valence-corrected chi connectivity index (χ3v) is 11.1. The Morgan fingerprint density at radius 2 is 1.71 bits per heavy atom. The fourth-order valence-electron chi connectivity index (χ4n) is 8.85. The molecule has 4 rings (SSSR count). The van der Waals surface area contributed by atoms with Gasteiger partial charge in [-0.05, 0) is 65.6 Å². The predicted molar refractivity (Wildman–Crippen MR) is 128 cm³/mol. The van der Waals surface area contributed by atoms with E-state index in [4.69, 9.17) is 0 Å². The number of fused-ring (bicyclic) bond motifs is 5. The van der Waals surface area contributed by atoms with Crippen molar-refractivity contribution in [2.45, 2.75) is 106 Å². The lowest BCUT2D eigenvalue weighted by atomic mass is 9.42. The van der Waals surface area contributed by atoms with Gasteiger partial charge in [-0.1, -0.05) is 79.4 Å². The van der Waals surface area contributed by atoms with Gasteiger partial charge in [0.05, 0.1) is 0 Å². The van der Waals surface area contributed by atoms with Crippen LogP contribution in [0.1, 0.15) is 106 Å². The number of ketones is 2. The van der Waals surface area contributed by atoms with Crippen LogP contribution in [0.4, 0.5) is 0 Å². The second-order valence-corrected chi connectivity index (χ2v) is 13.0. The van der Waals surface area contributed by atoms with Crippen LogP contribution in [0.3, 0.4) is 0 Å². The van der Waals surface area contributed by atoms with Gasteiger partial charge < -0.3 is 0 Å². The minimum atomic E-state index is 0.0305. The number of rotatable bonds is 5. The van der Waals surface area contributed by atoms with E-state index in [0.717, 1.165) is 24.7 Å². The molecule has 3 fully saturated rings. The molecule has 8 atom stereocenters. The first kappa shape index (κ1) is 23.2. The smallest absolute Gasteiger partial charge is 0.140 e. The summed E-state index contributed by atoms with van der Waals surface area (Å²) in [4.78, 5) is 26.2. The molecule has 0 N–H and O–H groups in total. The third kappa shape index (κ3) is 3.33. The summed E-state index contributed by atoms with van der Waals surface area (Å²) in [5.41, 5.74) is 1.76. The van der Waals surface area contributed by atoms with E-state index in [9.17, 15) is 9.59 Å². The quantitative estimate of drug-likeness (QED) is 0.429. The average Bonchev–Trinajstić information content (AvgIpc) is 2.98. The van der Waals surface area contributed by atoms with Crippen molar-refractivity contribution in [2.24, 2.45) is 51.8 Å². The second kappa shape index (κ2) is 7.84. The van der Waals surface area contributed by atoms with Crippen molar-refractivity contribution in [3.63, 3.8) is 0 Å². The van der Waals surface area contributed by atoms with Crippen molar-refractivity contribution in [3.8, 4) is 0 Å². The summed E-state index contributed by atoms with van der Waals surface area (Å²) in [5, 5.41) is 0. The Balaban J connectivity index is 1.65. The Morgan fingerprint density at radius 1 is 1.00 bits per heavy atom. The zero-order valence-electron chi connectivity index (χ0n) is 21.2. The maximum atomic E-state index is 13.7. The van der Waals surface area contributed by atoms with Crippen LogP contribution in [0.25, 0.3) is 0 Å². The Kier molecular flexibility index (Phi) is 5.88. The van der Waals surface area contributed by atoms with E-state index in [-0.39, 0.29) is 34.0 Å². The van der Waals surface area contributed by atoms with Crippen molar-refractivity contribution in [1.29, 1.82) is 0 Å². The van der Waals surface area contributed by atoms with Crippen LogP contribution < -0.4 is 0 Å². The first-order chi connectivity index (χ1) is 14.5. The molecule has 0 aromatic heterocycles. The first-order valence-electron chi connectivity index (χ1n) is 13.2. The van der Waals surface area contributed by atoms with Crippen molar-refractivity contribution in [3.05, 3.63) is 11.6 Å². The minimum absolute atomic E-state index is 0.0305. The average molecular weight is 427 g/mol. The lowest BCUT2D eigenvalue weighted by molar-refractivity contribution is -0.144. The molecule has 0 radical (unpaired) electrons. The first-order valence-corrected chi connectivity index (χ1v) is 13.2. The summed E-state index contributed by atoms with van der Waals surface area (Å²) in [6.07, 6.45) is 12.3. The molecule has 0 unspecified atom stereocenters. The normalized spacial score (nSPS) is 45.7. The summed E-state index contributed by atoms with van der Waals surface area (Å²) in [6.45, 7) is 16.6. The monoisotopic (exact) mass is 426 g/mol. The van der Waals surface area contributed by atoms with Crippen LogP contribution in [0.2, 0.25) is 0 Å². The highest BCUT2D eigenvalue weighted by Gasteiger charge is 2.66. The number of hydrogen-bond acceptors (Lipinski definition) is 2. The topological polar surface area (TPSA) is 34.1 Å². The van der Waals surface area contributed by atoms with E-state index in [1.807, 2.05) is 0 Å². The van der Waals surface area contributed by atoms with E-state index in [0.29, 0.717) is 30.3 Å². The van der Waals surface area contributed by atoms with Gasteiger partial charge >= 0.3 is 0 Å². The number of hydrogen-bond donors (Lipinski definition) is 0. The lowest BCUT2D eigenvalue weighted by Gasteiger charge is -2.60. The lowest BCUT2D eigenvalue weighted by Crippen LogP contribution is -2.57. The minimum Gasteiger partial charge on any atom is -0.299 e. The molecule has 0 aliphatic heterocycles. The SMILES string of the molecule is CC(C)CCC[C@@H](C)[C@H]1CC[C@@]2(C)[C@@H]3C(=O)C[C@H]4[C@H](C)C(=O)CC[C@]4(C)C3=CC[C@]12C. The molecule has 0 heterocycles. The van der Waals surface area contributed by atoms with Gasteiger partial charge in [0.15, 0.2) is 0 Å². The number of Topliss-reactive ketones (excluding diaryl/α,β-unsaturated/α-hetero) is 2. The van der Waals surface area contributed by atoms with Crippen LogP contribution >= 0.6 is 0 Å². The third-order valence-electron chi connectivity index (χ3n) is 11.1. The van der Waals surface area contributed by atoms with Gasteiger partial charge in [0.25, 0.3) is 0 Å². The summed E-state index contributed by atoms with van der Waals surface area (Å²) in [7, 11) is 0. The van der Waals surface area contributed by atoms with Crippen molar-refractivity contribution < 1.29 is 9.59 Å². The molecule has 2 nitrogen and oxygen atoms in total. The maximum absolute atomic E-state index is 13.7. The molecule has 31 heavy (non-hydrogen) atoms. The maximum Gasteiger partial charge on any atom is 0.140 e. The molecule has 0 amide bonds. The molecule has 4 aliphatic rings. The molecule has 0 aromatic carbocycles. The molecule has 174 valence electrons. The molecule has 0 bridgehead atoms. The zero-order valence-corrected chi connectivity index (χ0v) is 21.2. The van der Waals surface area contributed by atoms with Crippen LogP contribution in [0.15, 0.2) is 11.6 Å². The Hall–Kier alpha value is -0.920. The van der Waals surface area contributed by atoms with Crippen LogP contribution in [-0.4, -0.2) is 11.6 Å². The molecule has 0 aromatic rings. The highest BCUT2D eigenvalue weighted by atomic mass is 16.1. The van der Waals surface area contributed by atoms with E-state index in [1.165, 1.54) is 37.7 Å². The molecule has 4 aliphatic carbocycles. The molecule has 0 saturated heterocycles. The summed E-state index contributed by atoms with van der Waals surface area (Å²) >= 11 is 0. The van der Waals surface area contributed by atoms with Gasteiger partial charge in [0.2, 0.25) is 0 Å².